The Morgan fingerprint density at radius 1 is 1.07 bits per heavy atom. The van der Waals surface area contributed by atoms with Crippen molar-refractivity contribution >= 4 is 0 Å². The van der Waals surface area contributed by atoms with E-state index in [9.17, 15) is 5.11 Å². The number of hydrogen-bond acceptors (Lipinski definition) is 1. The number of aliphatic hydroxyl groups excluding tert-OH is 1. The van der Waals surface area contributed by atoms with Gasteiger partial charge < -0.3 is 5.11 Å². The maximum absolute atomic E-state index is 10.1. The third-order valence-electron chi connectivity index (χ3n) is 10.5. The minimum absolute atomic E-state index is 0.359. The number of rotatable bonds is 6. The molecular formula is C29H46O. The van der Waals surface area contributed by atoms with Crippen LogP contribution >= 0.6 is 0 Å². The van der Waals surface area contributed by atoms with Crippen molar-refractivity contribution in [3.8, 4) is 0 Å². The van der Waals surface area contributed by atoms with Crippen LogP contribution in [0.15, 0.2) is 18.2 Å². The summed E-state index contributed by atoms with van der Waals surface area (Å²) in [5.41, 5.74) is 5.42. The Morgan fingerprint density at radius 2 is 1.83 bits per heavy atom. The molecule has 0 aromatic heterocycles. The van der Waals surface area contributed by atoms with Crippen LogP contribution in [0.4, 0.5) is 0 Å². The molecule has 168 valence electrons. The van der Waals surface area contributed by atoms with Gasteiger partial charge in [0.1, 0.15) is 0 Å². The summed E-state index contributed by atoms with van der Waals surface area (Å²) in [7, 11) is 0. The summed E-state index contributed by atoms with van der Waals surface area (Å²) in [6.45, 7) is 14.8. The second-order valence-electron chi connectivity index (χ2n) is 12.0. The maximum atomic E-state index is 10.1. The fraction of sp³-hybridized carbons (Fsp3) is 0.793. The van der Waals surface area contributed by atoms with E-state index >= 15 is 0 Å². The molecule has 30 heavy (non-hydrogen) atoms. The first-order chi connectivity index (χ1) is 14.3. The molecule has 1 heteroatoms. The van der Waals surface area contributed by atoms with Crippen LogP contribution in [0, 0.1) is 53.8 Å². The van der Waals surface area contributed by atoms with Crippen molar-refractivity contribution in [1.82, 2.24) is 0 Å². The number of benzene rings is 1. The summed E-state index contributed by atoms with van der Waals surface area (Å²) in [5, 5.41) is 10.1. The van der Waals surface area contributed by atoms with Gasteiger partial charge in [0.2, 0.25) is 0 Å². The molecule has 2 fully saturated rings. The van der Waals surface area contributed by atoms with E-state index in [2.05, 4.69) is 59.7 Å². The molecule has 1 nitrogen and oxygen atoms in total. The smallest absolute Gasteiger partial charge is 0.0462 e. The van der Waals surface area contributed by atoms with E-state index in [1.54, 1.807) is 11.1 Å². The summed E-state index contributed by atoms with van der Waals surface area (Å²) in [6, 6.07) is 7.07. The Bertz CT molecular complexity index is 736. The summed E-state index contributed by atoms with van der Waals surface area (Å²) in [4.78, 5) is 0. The summed E-state index contributed by atoms with van der Waals surface area (Å²) >= 11 is 0. The van der Waals surface area contributed by atoms with Crippen LogP contribution in [0.5, 0.6) is 0 Å². The highest BCUT2D eigenvalue weighted by atomic mass is 16.3. The normalized spacial score (nSPS) is 36.0. The minimum atomic E-state index is 0.359. The molecule has 1 aromatic carbocycles. The first kappa shape index (κ1) is 22.4. The first-order valence-corrected chi connectivity index (χ1v) is 13.0. The third kappa shape index (κ3) is 3.68. The molecule has 0 saturated heterocycles. The van der Waals surface area contributed by atoms with Crippen LogP contribution in [-0.2, 0) is 6.42 Å². The lowest BCUT2D eigenvalue weighted by Gasteiger charge is -2.52. The van der Waals surface area contributed by atoms with Gasteiger partial charge in [-0.1, -0.05) is 52.8 Å². The van der Waals surface area contributed by atoms with Gasteiger partial charge in [-0.25, -0.2) is 0 Å². The molecule has 0 spiro atoms. The van der Waals surface area contributed by atoms with Crippen molar-refractivity contribution in [3.05, 3.63) is 34.9 Å². The lowest BCUT2D eigenvalue weighted by molar-refractivity contribution is 0.00249. The molecule has 0 amide bonds. The zero-order chi connectivity index (χ0) is 21.6. The second-order valence-corrected chi connectivity index (χ2v) is 12.0. The van der Waals surface area contributed by atoms with Gasteiger partial charge in [0, 0.05) is 6.61 Å². The molecule has 3 aliphatic carbocycles. The van der Waals surface area contributed by atoms with Crippen molar-refractivity contribution in [2.75, 3.05) is 6.61 Å². The summed E-state index contributed by atoms with van der Waals surface area (Å²) < 4.78 is 0. The van der Waals surface area contributed by atoms with E-state index in [1.165, 1.54) is 50.5 Å². The van der Waals surface area contributed by atoms with Gasteiger partial charge in [0.25, 0.3) is 0 Å². The quantitative estimate of drug-likeness (QED) is 0.518. The van der Waals surface area contributed by atoms with Crippen LogP contribution < -0.4 is 0 Å². The maximum Gasteiger partial charge on any atom is 0.0462 e. The predicted molar refractivity (Wildman–Crippen MR) is 128 cm³/mol. The van der Waals surface area contributed by atoms with Crippen LogP contribution in [-0.4, -0.2) is 11.7 Å². The highest BCUT2D eigenvalue weighted by molar-refractivity contribution is 5.40. The van der Waals surface area contributed by atoms with Crippen molar-refractivity contribution in [2.24, 2.45) is 46.8 Å². The van der Waals surface area contributed by atoms with Crippen molar-refractivity contribution in [1.29, 1.82) is 0 Å². The SMILES string of the molecule is Cc1cccc2c1CC[C@@H]1[C@@H]2CC[C@]2(C)[C@@H]([C@H](C)C[C@@H](CO)[C@@H](C)C(C)C)CC[C@@H]12. The largest absolute Gasteiger partial charge is 0.396 e. The second kappa shape index (κ2) is 8.61. The Labute approximate surface area is 186 Å². The first-order valence-electron chi connectivity index (χ1n) is 13.0. The van der Waals surface area contributed by atoms with Gasteiger partial charge in [-0.3, -0.25) is 0 Å². The van der Waals surface area contributed by atoms with Crippen LogP contribution in [0.25, 0.3) is 0 Å². The highest BCUT2D eigenvalue weighted by Crippen LogP contribution is 2.64. The fourth-order valence-electron chi connectivity index (χ4n) is 8.42. The van der Waals surface area contributed by atoms with Crippen LogP contribution in [0.2, 0.25) is 0 Å². The van der Waals surface area contributed by atoms with Gasteiger partial charge in [-0.05, 0) is 121 Å². The van der Waals surface area contributed by atoms with E-state index in [1.807, 2.05) is 0 Å². The molecule has 0 heterocycles. The van der Waals surface area contributed by atoms with Gasteiger partial charge >= 0.3 is 0 Å². The number of hydrogen-bond donors (Lipinski definition) is 1. The molecule has 1 aromatic rings. The van der Waals surface area contributed by atoms with Crippen molar-refractivity contribution in [3.63, 3.8) is 0 Å². The standard InChI is InChI=1S/C29H46O/c1-18(2)21(5)22(17-30)16-20(4)27-12-13-28-26-11-10-23-19(3)8-7-9-24(23)25(26)14-15-29(27,28)6/h7-9,18,20-22,25-28,30H,10-17H2,1-6H3/t20-,21+,22+,25-,26-,27-,28+,29-/m1/s1. The van der Waals surface area contributed by atoms with Crippen molar-refractivity contribution in [2.45, 2.75) is 92.4 Å². The summed E-state index contributed by atoms with van der Waals surface area (Å²) in [5.74, 6) is 5.92. The zero-order valence-electron chi connectivity index (χ0n) is 20.5. The van der Waals surface area contributed by atoms with E-state index in [0.29, 0.717) is 29.8 Å². The molecular weight excluding hydrogens is 364 g/mol. The van der Waals surface area contributed by atoms with E-state index in [-0.39, 0.29) is 0 Å². The van der Waals surface area contributed by atoms with E-state index in [4.69, 9.17) is 0 Å². The Balaban J connectivity index is 1.51. The van der Waals surface area contributed by atoms with E-state index < -0.39 is 0 Å². The predicted octanol–water partition coefficient (Wildman–Crippen LogP) is 7.39. The van der Waals surface area contributed by atoms with Gasteiger partial charge in [0.15, 0.2) is 0 Å². The average molecular weight is 411 g/mol. The zero-order valence-corrected chi connectivity index (χ0v) is 20.5. The molecule has 0 aliphatic heterocycles. The van der Waals surface area contributed by atoms with E-state index in [0.717, 1.165) is 29.6 Å². The fourth-order valence-corrected chi connectivity index (χ4v) is 8.42. The minimum Gasteiger partial charge on any atom is -0.396 e. The molecule has 2 saturated carbocycles. The Morgan fingerprint density at radius 3 is 2.53 bits per heavy atom. The van der Waals surface area contributed by atoms with Crippen LogP contribution in [0.3, 0.4) is 0 Å². The summed E-state index contributed by atoms with van der Waals surface area (Å²) in [6.07, 6.45) is 9.58. The molecule has 4 rings (SSSR count). The van der Waals surface area contributed by atoms with Gasteiger partial charge in [-0.15, -0.1) is 0 Å². The highest BCUT2D eigenvalue weighted by Gasteiger charge is 2.55. The Hall–Kier alpha value is -0.820. The number of aryl methyl sites for hydroxylation is 1. The molecule has 3 aliphatic rings. The van der Waals surface area contributed by atoms with Gasteiger partial charge in [-0.2, -0.15) is 0 Å². The lowest BCUT2D eigenvalue weighted by atomic mass is 9.52. The number of aliphatic hydroxyl groups is 1. The lowest BCUT2D eigenvalue weighted by Crippen LogP contribution is -2.44. The van der Waals surface area contributed by atoms with Crippen LogP contribution in [0.1, 0.15) is 95.8 Å². The molecule has 8 atom stereocenters. The van der Waals surface area contributed by atoms with Crippen molar-refractivity contribution < 1.29 is 5.11 Å². The topological polar surface area (TPSA) is 20.2 Å². The van der Waals surface area contributed by atoms with Gasteiger partial charge in [0.05, 0.1) is 0 Å². The average Bonchev–Trinajstić information content (AvgIpc) is 3.08. The molecule has 0 radical (unpaired) electrons. The molecule has 0 unspecified atom stereocenters. The molecule has 0 bridgehead atoms. The third-order valence-corrected chi connectivity index (χ3v) is 10.5. The monoisotopic (exact) mass is 410 g/mol. The molecule has 1 N–H and O–H groups in total. The Kier molecular flexibility index (Phi) is 6.42. The number of fused-ring (bicyclic) bond motifs is 5.